The quantitative estimate of drug-likeness (QED) is 0.899. The van der Waals surface area contributed by atoms with Crippen LogP contribution in [0.4, 0.5) is 4.79 Å². The highest BCUT2D eigenvalue weighted by Gasteiger charge is 2.59. The van der Waals surface area contributed by atoms with E-state index in [2.05, 4.69) is 41.4 Å². The van der Waals surface area contributed by atoms with E-state index in [0.717, 1.165) is 32.4 Å². The van der Waals surface area contributed by atoms with Gasteiger partial charge in [0.25, 0.3) is 0 Å². The predicted octanol–water partition coefficient (Wildman–Crippen LogP) is 2.37. The van der Waals surface area contributed by atoms with E-state index >= 15 is 0 Å². The first-order valence-electron chi connectivity index (χ1n) is 9.31. The summed E-state index contributed by atoms with van der Waals surface area (Å²) in [4.78, 5) is 26.1. The lowest BCUT2D eigenvalue weighted by atomic mass is 9.68. The monoisotopic (exact) mass is 340 g/mol. The van der Waals surface area contributed by atoms with Gasteiger partial charge in [-0.05, 0) is 44.1 Å². The zero-order chi connectivity index (χ0) is 17.2. The van der Waals surface area contributed by atoms with Crippen LogP contribution in [0.5, 0.6) is 0 Å². The van der Waals surface area contributed by atoms with Crippen LogP contribution >= 0.6 is 0 Å². The predicted molar refractivity (Wildman–Crippen MR) is 92.1 cm³/mol. The molecule has 2 aliphatic carbocycles. The smallest absolute Gasteiger partial charge is 0.407 e. The fraction of sp³-hybridized carbons (Fsp3) is 0.600. The fourth-order valence-corrected chi connectivity index (χ4v) is 5.30. The maximum absolute atomic E-state index is 12.8. The second kappa shape index (κ2) is 4.99. The Kier molecular flexibility index (Phi) is 3.04. The summed E-state index contributed by atoms with van der Waals surface area (Å²) in [6.07, 6.45) is 3.39. The van der Waals surface area contributed by atoms with Crippen LogP contribution in [0.2, 0.25) is 0 Å². The molecule has 25 heavy (non-hydrogen) atoms. The molecular formula is C20H24N2O3. The number of hydrogen-bond acceptors (Lipinski definition) is 3. The minimum atomic E-state index is -0.343. The number of piperidine rings is 1. The first-order valence-corrected chi connectivity index (χ1v) is 9.31. The zero-order valence-electron chi connectivity index (χ0n) is 14.6. The van der Waals surface area contributed by atoms with Crippen LogP contribution in [0.3, 0.4) is 0 Å². The minimum absolute atomic E-state index is 0.0484. The van der Waals surface area contributed by atoms with Crippen molar-refractivity contribution in [2.75, 3.05) is 19.7 Å². The molecule has 0 bridgehead atoms. The topological polar surface area (TPSA) is 58.6 Å². The molecule has 132 valence electrons. The fourth-order valence-electron chi connectivity index (χ4n) is 5.30. The number of rotatable bonds is 2. The number of aryl methyl sites for hydroxylation is 1. The van der Waals surface area contributed by atoms with Crippen molar-refractivity contribution < 1.29 is 14.3 Å². The Bertz CT molecular complexity index is 755. The number of fused-ring (bicyclic) bond motifs is 1. The van der Waals surface area contributed by atoms with Crippen molar-refractivity contribution in [3.8, 4) is 0 Å². The third-order valence-electron chi connectivity index (χ3n) is 6.88. The van der Waals surface area contributed by atoms with Crippen LogP contribution in [0.15, 0.2) is 24.3 Å². The van der Waals surface area contributed by atoms with E-state index in [4.69, 9.17) is 4.74 Å². The molecular weight excluding hydrogens is 316 g/mol. The van der Waals surface area contributed by atoms with Gasteiger partial charge in [0, 0.05) is 24.4 Å². The van der Waals surface area contributed by atoms with Crippen LogP contribution in [0.25, 0.3) is 0 Å². The maximum Gasteiger partial charge on any atom is 0.407 e. The molecule has 1 N–H and O–H groups in total. The molecule has 1 aromatic rings. The molecule has 0 unspecified atom stereocenters. The van der Waals surface area contributed by atoms with E-state index in [0.29, 0.717) is 17.9 Å². The summed E-state index contributed by atoms with van der Waals surface area (Å²) < 4.78 is 5.00. The Morgan fingerprint density at radius 2 is 2.16 bits per heavy atom. The van der Waals surface area contributed by atoms with Gasteiger partial charge >= 0.3 is 6.09 Å². The maximum atomic E-state index is 12.8. The van der Waals surface area contributed by atoms with Crippen LogP contribution in [-0.4, -0.2) is 42.1 Å². The van der Waals surface area contributed by atoms with Gasteiger partial charge in [0.05, 0.1) is 5.54 Å². The van der Waals surface area contributed by atoms with Crippen molar-refractivity contribution in [1.29, 1.82) is 0 Å². The number of nitrogens with zero attached hydrogens (tertiary/aromatic N) is 1. The molecule has 2 aliphatic heterocycles. The van der Waals surface area contributed by atoms with E-state index < -0.39 is 0 Å². The summed E-state index contributed by atoms with van der Waals surface area (Å²) in [6, 6.07) is 8.87. The number of likely N-dealkylation sites (tertiary alicyclic amines) is 1. The summed E-state index contributed by atoms with van der Waals surface area (Å²) >= 11 is 0. The lowest BCUT2D eigenvalue weighted by Gasteiger charge is -2.44. The Balaban J connectivity index is 1.22. The molecule has 2 saturated carbocycles. The summed E-state index contributed by atoms with van der Waals surface area (Å²) in [5, 5.41) is 2.87. The number of carbonyl (C=O) groups is 2. The Hall–Kier alpha value is -2.04. The van der Waals surface area contributed by atoms with Crippen molar-refractivity contribution in [1.82, 2.24) is 10.2 Å². The summed E-state index contributed by atoms with van der Waals surface area (Å²) in [7, 11) is 0. The van der Waals surface area contributed by atoms with Gasteiger partial charge < -0.3 is 15.0 Å². The number of carbonyl (C=O) groups excluding carboxylic acids is 2. The summed E-state index contributed by atoms with van der Waals surface area (Å²) in [5.74, 6) is 0.930. The Morgan fingerprint density at radius 3 is 2.84 bits per heavy atom. The molecule has 0 radical (unpaired) electrons. The van der Waals surface area contributed by atoms with Gasteiger partial charge in [0.2, 0.25) is 5.91 Å². The van der Waals surface area contributed by atoms with Crippen molar-refractivity contribution in [3.63, 3.8) is 0 Å². The zero-order valence-corrected chi connectivity index (χ0v) is 14.6. The van der Waals surface area contributed by atoms with Crippen molar-refractivity contribution in [3.05, 3.63) is 35.4 Å². The molecule has 2 amide bonds. The van der Waals surface area contributed by atoms with Crippen molar-refractivity contribution >= 4 is 12.0 Å². The third kappa shape index (κ3) is 2.28. The largest absolute Gasteiger partial charge is 0.447 e. The highest BCUT2D eigenvalue weighted by atomic mass is 16.6. The molecule has 2 saturated heterocycles. The van der Waals surface area contributed by atoms with Gasteiger partial charge in [-0.3, -0.25) is 4.79 Å². The van der Waals surface area contributed by atoms with Gasteiger partial charge in [-0.2, -0.15) is 0 Å². The first-order chi connectivity index (χ1) is 12.0. The molecule has 0 aromatic heterocycles. The Morgan fingerprint density at radius 1 is 1.32 bits per heavy atom. The second-order valence-corrected chi connectivity index (χ2v) is 8.55. The second-order valence-electron chi connectivity index (χ2n) is 8.55. The van der Waals surface area contributed by atoms with E-state index in [-0.39, 0.29) is 23.5 Å². The Labute approximate surface area is 147 Å². The lowest BCUT2D eigenvalue weighted by molar-refractivity contribution is -0.142. The van der Waals surface area contributed by atoms with Crippen LogP contribution in [0, 0.1) is 18.8 Å². The average molecular weight is 340 g/mol. The van der Waals surface area contributed by atoms with Gasteiger partial charge in [0.15, 0.2) is 0 Å². The highest BCUT2D eigenvalue weighted by Crippen LogP contribution is 2.59. The van der Waals surface area contributed by atoms with E-state index in [9.17, 15) is 9.59 Å². The SMILES string of the molecule is Cc1cccc([C@@]23CCN(C(=O)C4CC5(COC(=O)N5)C4)C[C@@H]2C3)c1. The highest BCUT2D eigenvalue weighted by molar-refractivity contribution is 5.82. The van der Waals surface area contributed by atoms with Crippen molar-refractivity contribution in [2.45, 2.75) is 43.6 Å². The molecule has 1 spiro atoms. The molecule has 4 aliphatic rings. The van der Waals surface area contributed by atoms with Crippen LogP contribution in [0.1, 0.15) is 36.8 Å². The molecule has 4 fully saturated rings. The number of nitrogens with one attached hydrogen (secondary N) is 1. The standard InChI is InChI=1S/C20H24N2O3/c1-13-3-2-4-15(7-13)20-5-6-22(11-16(20)10-20)17(23)14-8-19(9-14)12-25-18(24)21-19/h2-4,7,14,16H,5-6,8-12H2,1H3,(H,21,24)/t14?,16-,19?,20-/m0/s1. The first kappa shape index (κ1) is 15.2. The van der Waals surface area contributed by atoms with Crippen LogP contribution < -0.4 is 5.32 Å². The van der Waals surface area contributed by atoms with Crippen molar-refractivity contribution in [2.24, 2.45) is 11.8 Å². The molecule has 5 heteroatoms. The van der Waals surface area contributed by atoms with Gasteiger partial charge in [-0.15, -0.1) is 0 Å². The average Bonchev–Trinajstić information content (AvgIpc) is 3.19. The molecule has 5 rings (SSSR count). The number of cyclic esters (lactones) is 1. The number of benzene rings is 1. The molecule has 5 nitrogen and oxygen atoms in total. The molecule has 2 atom stereocenters. The van der Waals surface area contributed by atoms with E-state index in [1.807, 2.05) is 0 Å². The van der Waals surface area contributed by atoms with Gasteiger partial charge in [-0.25, -0.2) is 4.79 Å². The van der Waals surface area contributed by atoms with E-state index in [1.165, 1.54) is 17.5 Å². The molecule has 2 heterocycles. The van der Waals surface area contributed by atoms with Gasteiger partial charge in [0.1, 0.15) is 6.61 Å². The lowest BCUT2D eigenvalue weighted by Crippen LogP contribution is -2.58. The van der Waals surface area contributed by atoms with E-state index in [1.54, 1.807) is 0 Å². The molecule has 1 aromatic carbocycles. The van der Waals surface area contributed by atoms with Gasteiger partial charge in [-0.1, -0.05) is 29.8 Å². The summed E-state index contributed by atoms with van der Waals surface area (Å²) in [6.45, 7) is 4.30. The normalized spacial score (nSPS) is 38.6. The number of hydrogen-bond donors (Lipinski definition) is 1. The third-order valence-corrected chi connectivity index (χ3v) is 6.88. The summed E-state index contributed by atoms with van der Waals surface area (Å²) in [5.41, 5.74) is 2.82. The van der Waals surface area contributed by atoms with Crippen LogP contribution in [-0.2, 0) is 14.9 Å². The number of alkyl carbamates (subject to hydrolysis) is 1. The minimum Gasteiger partial charge on any atom is -0.447 e. The number of ether oxygens (including phenoxy) is 1. The number of amides is 2.